The van der Waals surface area contributed by atoms with E-state index in [4.69, 9.17) is 10.5 Å². The maximum absolute atomic E-state index is 6.09. The Morgan fingerprint density at radius 2 is 2.03 bits per heavy atom. The molecule has 1 aliphatic heterocycles. The van der Waals surface area contributed by atoms with Crippen molar-refractivity contribution in [2.24, 2.45) is 0 Å². The maximum atomic E-state index is 6.09. The van der Waals surface area contributed by atoms with Crippen LogP contribution < -0.4 is 20.7 Å². The molecule has 30 heavy (non-hydrogen) atoms. The fourth-order valence-corrected chi connectivity index (χ4v) is 3.87. The first kappa shape index (κ1) is 20.4. The van der Waals surface area contributed by atoms with Crippen LogP contribution in [0, 0.1) is 0 Å². The van der Waals surface area contributed by atoms with Crippen LogP contribution in [0.1, 0.15) is 43.5 Å². The summed E-state index contributed by atoms with van der Waals surface area (Å²) < 4.78 is 7.43. The Hall–Kier alpha value is -2.87. The van der Waals surface area contributed by atoms with Gasteiger partial charge in [0.25, 0.3) is 0 Å². The highest BCUT2D eigenvalue weighted by atomic mass is 16.5. The summed E-state index contributed by atoms with van der Waals surface area (Å²) in [5, 5.41) is 7.94. The first-order chi connectivity index (χ1) is 14.7. The number of benzene rings is 1. The highest BCUT2D eigenvalue weighted by Gasteiger charge is 2.16. The molecule has 0 atom stereocenters. The number of rotatable bonds is 8. The number of hydrogen-bond donors (Lipinski definition) is 2. The second kappa shape index (κ2) is 9.30. The van der Waals surface area contributed by atoms with Crippen molar-refractivity contribution < 1.29 is 4.74 Å². The molecule has 3 N–H and O–H groups in total. The summed E-state index contributed by atoms with van der Waals surface area (Å²) in [6.07, 6.45) is 5.56. The van der Waals surface area contributed by atoms with Crippen molar-refractivity contribution in [3.05, 3.63) is 41.2 Å². The molecule has 0 saturated carbocycles. The second-order valence-electron chi connectivity index (χ2n) is 7.70. The normalized spacial score (nSPS) is 14.4. The van der Waals surface area contributed by atoms with Crippen LogP contribution in [0.2, 0.25) is 0 Å². The molecule has 3 heterocycles. The van der Waals surface area contributed by atoms with Crippen molar-refractivity contribution in [1.29, 1.82) is 0 Å². The lowest BCUT2D eigenvalue weighted by Crippen LogP contribution is -2.43. The van der Waals surface area contributed by atoms with E-state index in [1.165, 1.54) is 16.8 Å². The third-order valence-electron chi connectivity index (χ3n) is 5.54. The molecular weight excluding hydrogens is 378 g/mol. The molecule has 3 aromatic rings. The molecule has 1 saturated heterocycles. The Morgan fingerprint density at radius 3 is 2.80 bits per heavy atom. The topological polar surface area (TPSA) is 93.6 Å². The standard InChI is InChI=1S/C22H31N7O/c1-3-5-12-30-22-26-20(23)21-25-15-18(29(21)27-22)14-16-6-7-19(17(4-2)13-16)28-10-8-24-9-11-28/h6-7,13,15,24H,3-5,8-12,14H2,1-2H3,(H2,23,26,27). The minimum absolute atomic E-state index is 0.302. The Bertz CT molecular complexity index is 995. The average Bonchev–Trinajstić information content (AvgIpc) is 3.17. The molecule has 0 aliphatic carbocycles. The quantitative estimate of drug-likeness (QED) is 0.552. The number of piperazine rings is 1. The van der Waals surface area contributed by atoms with Gasteiger partial charge in [0.2, 0.25) is 0 Å². The van der Waals surface area contributed by atoms with Crippen LogP contribution in [-0.2, 0) is 12.8 Å². The predicted octanol–water partition coefficient (Wildman–Crippen LogP) is 2.45. The number of nitrogen functional groups attached to an aromatic ring is 1. The Balaban J connectivity index is 1.58. The molecule has 0 bridgehead atoms. The highest BCUT2D eigenvalue weighted by molar-refractivity contribution is 5.60. The summed E-state index contributed by atoms with van der Waals surface area (Å²) in [5.74, 6) is 0.339. The first-order valence-electron chi connectivity index (χ1n) is 10.9. The lowest BCUT2D eigenvalue weighted by molar-refractivity contribution is 0.280. The molecule has 0 amide bonds. The van der Waals surface area contributed by atoms with Gasteiger partial charge in [-0.1, -0.05) is 32.4 Å². The van der Waals surface area contributed by atoms with E-state index in [0.29, 0.717) is 24.1 Å². The van der Waals surface area contributed by atoms with E-state index < -0.39 is 0 Å². The maximum Gasteiger partial charge on any atom is 0.336 e. The zero-order valence-electron chi connectivity index (χ0n) is 17.9. The SMILES string of the molecule is CCCCOc1nc(N)c2ncc(Cc3ccc(N4CCNCC4)c(CC)c3)n2n1. The van der Waals surface area contributed by atoms with Gasteiger partial charge in [-0.3, -0.25) is 0 Å². The largest absolute Gasteiger partial charge is 0.462 e. The van der Waals surface area contributed by atoms with Crippen molar-refractivity contribution in [2.75, 3.05) is 43.4 Å². The number of imidazole rings is 1. The molecule has 160 valence electrons. The van der Waals surface area contributed by atoms with Gasteiger partial charge in [-0.05, 0) is 30.0 Å². The van der Waals surface area contributed by atoms with E-state index >= 15 is 0 Å². The van der Waals surface area contributed by atoms with Crippen LogP contribution in [0.15, 0.2) is 24.4 Å². The van der Waals surface area contributed by atoms with Crippen LogP contribution in [0.5, 0.6) is 6.01 Å². The van der Waals surface area contributed by atoms with Gasteiger partial charge in [0.15, 0.2) is 11.5 Å². The number of hydrogen-bond acceptors (Lipinski definition) is 7. The van der Waals surface area contributed by atoms with Crippen molar-refractivity contribution in [3.63, 3.8) is 0 Å². The second-order valence-corrected chi connectivity index (χ2v) is 7.70. The minimum Gasteiger partial charge on any atom is -0.462 e. The lowest BCUT2D eigenvalue weighted by Gasteiger charge is -2.31. The number of nitrogens with one attached hydrogen (secondary N) is 1. The van der Waals surface area contributed by atoms with Gasteiger partial charge in [-0.15, -0.1) is 5.10 Å². The van der Waals surface area contributed by atoms with Crippen LogP contribution in [-0.4, -0.2) is 52.4 Å². The summed E-state index contributed by atoms with van der Waals surface area (Å²) in [4.78, 5) is 11.1. The van der Waals surface area contributed by atoms with Crippen LogP contribution in [0.4, 0.5) is 11.5 Å². The van der Waals surface area contributed by atoms with Crippen LogP contribution in [0.25, 0.3) is 5.65 Å². The number of aryl methyl sites for hydroxylation is 1. The third-order valence-corrected chi connectivity index (χ3v) is 5.54. The predicted molar refractivity (Wildman–Crippen MR) is 119 cm³/mol. The number of ether oxygens (including phenoxy) is 1. The Labute approximate surface area is 177 Å². The highest BCUT2D eigenvalue weighted by Crippen LogP contribution is 2.25. The van der Waals surface area contributed by atoms with E-state index in [9.17, 15) is 0 Å². The van der Waals surface area contributed by atoms with Gasteiger partial charge in [0.05, 0.1) is 18.5 Å². The molecular formula is C22H31N7O. The van der Waals surface area contributed by atoms with E-state index in [1.54, 1.807) is 4.52 Å². The zero-order chi connectivity index (χ0) is 20.9. The summed E-state index contributed by atoms with van der Waals surface area (Å²) in [7, 11) is 0. The number of fused-ring (bicyclic) bond motifs is 1. The van der Waals surface area contributed by atoms with Gasteiger partial charge < -0.3 is 20.7 Å². The van der Waals surface area contributed by atoms with Crippen molar-refractivity contribution in [1.82, 2.24) is 24.9 Å². The van der Waals surface area contributed by atoms with Crippen molar-refractivity contribution >= 4 is 17.2 Å². The van der Waals surface area contributed by atoms with Crippen LogP contribution >= 0.6 is 0 Å². The Kier molecular flexibility index (Phi) is 6.32. The molecule has 2 aromatic heterocycles. The van der Waals surface area contributed by atoms with Gasteiger partial charge in [0, 0.05) is 38.3 Å². The number of nitrogens with zero attached hydrogens (tertiary/aromatic N) is 5. The fourth-order valence-electron chi connectivity index (χ4n) is 3.87. The van der Waals surface area contributed by atoms with Gasteiger partial charge in [0.1, 0.15) is 0 Å². The molecule has 8 nitrogen and oxygen atoms in total. The summed E-state index contributed by atoms with van der Waals surface area (Å²) in [6.45, 7) is 9.10. The monoisotopic (exact) mass is 409 g/mol. The van der Waals surface area contributed by atoms with Gasteiger partial charge in [-0.25, -0.2) is 9.50 Å². The minimum atomic E-state index is 0.302. The summed E-state index contributed by atoms with van der Waals surface area (Å²) >= 11 is 0. The molecule has 4 rings (SSSR count). The van der Waals surface area contributed by atoms with E-state index in [-0.39, 0.29) is 0 Å². The van der Waals surface area contributed by atoms with E-state index in [2.05, 4.69) is 57.3 Å². The third kappa shape index (κ3) is 4.33. The first-order valence-corrected chi connectivity index (χ1v) is 10.9. The number of unbranched alkanes of at least 4 members (excludes halogenated alkanes) is 1. The summed E-state index contributed by atoms with van der Waals surface area (Å²) in [5.41, 5.74) is 11.6. The fraction of sp³-hybridized carbons (Fsp3) is 0.500. The van der Waals surface area contributed by atoms with Crippen molar-refractivity contribution in [3.8, 4) is 6.01 Å². The van der Waals surface area contributed by atoms with Crippen LogP contribution in [0.3, 0.4) is 0 Å². The molecule has 0 spiro atoms. The molecule has 8 heteroatoms. The molecule has 1 aromatic carbocycles. The van der Waals surface area contributed by atoms with Gasteiger partial charge >= 0.3 is 6.01 Å². The molecule has 1 fully saturated rings. The van der Waals surface area contributed by atoms with Gasteiger partial charge in [-0.2, -0.15) is 4.98 Å². The average molecular weight is 410 g/mol. The molecule has 1 aliphatic rings. The smallest absolute Gasteiger partial charge is 0.336 e. The van der Waals surface area contributed by atoms with Crippen molar-refractivity contribution in [2.45, 2.75) is 39.5 Å². The van der Waals surface area contributed by atoms with E-state index in [0.717, 1.165) is 57.6 Å². The zero-order valence-corrected chi connectivity index (χ0v) is 17.9. The lowest BCUT2D eigenvalue weighted by atomic mass is 10.0. The number of anilines is 2. The number of aromatic nitrogens is 4. The van der Waals surface area contributed by atoms with E-state index in [1.807, 2.05) is 6.20 Å². The molecule has 0 unspecified atom stereocenters. The molecule has 0 radical (unpaired) electrons. The summed E-state index contributed by atoms with van der Waals surface area (Å²) in [6, 6.07) is 7.07. The Morgan fingerprint density at radius 1 is 1.20 bits per heavy atom. The number of nitrogens with two attached hydrogens (primary N) is 1.